The van der Waals surface area contributed by atoms with E-state index >= 15 is 0 Å². The maximum Gasteiger partial charge on any atom is 0.340 e. The Bertz CT molecular complexity index is 513. The first-order valence-electron chi connectivity index (χ1n) is 6.48. The van der Waals surface area contributed by atoms with Crippen LogP contribution >= 0.6 is 23.4 Å². The molecule has 0 aromatic heterocycles. The summed E-state index contributed by atoms with van der Waals surface area (Å²) >= 11 is 8.07. The molecule has 4 nitrogen and oxygen atoms in total. The van der Waals surface area contributed by atoms with Crippen LogP contribution in [0.5, 0.6) is 0 Å². The van der Waals surface area contributed by atoms with Crippen molar-refractivity contribution in [1.82, 2.24) is 0 Å². The van der Waals surface area contributed by atoms with Gasteiger partial charge in [-0.05, 0) is 31.2 Å². The van der Waals surface area contributed by atoms with E-state index in [0.29, 0.717) is 22.0 Å². The van der Waals surface area contributed by atoms with Crippen molar-refractivity contribution >= 4 is 40.7 Å². The van der Waals surface area contributed by atoms with Crippen LogP contribution in [0.1, 0.15) is 29.6 Å². The van der Waals surface area contributed by atoms with E-state index in [0.717, 1.165) is 6.54 Å². The number of carbonyl (C=O) groups is 1. The summed E-state index contributed by atoms with van der Waals surface area (Å²) in [4.78, 5) is 11.8. The molecule has 0 heterocycles. The average Bonchev–Trinajstić information content (AvgIpc) is 2.38. The van der Waals surface area contributed by atoms with Gasteiger partial charge >= 0.3 is 5.97 Å². The van der Waals surface area contributed by atoms with Gasteiger partial charge in [-0.1, -0.05) is 18.0 Å². The third-order valence-electron chi connectivity index (χ3n) is 3.80. The Balaban J connectivity index is 2.23. The van der Waals surface area contributed by atoms with Gasteiger partial charge in [0.15, 0.2) is 0 Å². The van der Waals surface area contributed by atoms with Gasteiger partial charge in [0, 0.05) is 17.0 Å². The number of methoxy groups -OCH3 is 1. The molecule has 0 atom stereocenters. The zero-order valence-electron chi connectivity index (χ0n) is 11.7. The minimum atomic E-state index is -0.437. The Labute approximate surface area is 128 Å². The van der Waals surface area contributed by atoms with Crippen molar-refractivity contribution < 1.29 is 9.53 Å². The first-order valence-corrected chi connectivity index (χ1v) is 8.08. The van der Waals surface area contributed by atoms with E-state index in [1.165, 1.54) is 26.4 Å². The van der Waals surface area contributed by atoms with Gasteiger partial charge in [0.05, 0.1) is 23.4 Å². The van der Waals surface area contributed by atoms with Crippen LogP contribution in [0, 0.1) is 0 Å². The largest absolute Gasteiger partial charge is 0.465 e. The lowest BCUT2D eigenvalue weighted by atomic mass is 9.84. The minimum Gasteiger partial charge on any atom is -0.465 e. The van der Waals surface area contributed by atoms with Crippen LogP contribution in [0.2, 0.25) is 5.02 Å². The van der Waals surface area contributed by atoms with Crippen LogP contribution in [0.4, 0.5) is 11.4 Å². The second-order valence-electron chi connectivity index (χ2n) is 5.01. The predicted molar refractivity (Wildman–Crippen MR) is 85.8 cm³/mol. The smallest absolute Gasteiger partial charge is 0.340 e. The first-order chi connectivity index (χ1) is 9.51. The normalized spacial score (nSPS) is 16.4. The molecule has 1 aliphatic rings. The van der Waals surface area contributed by atoms with E-state index in [-0.39, 0.29) is 4.75 Å². The van der Waals surface area contributed by atoms with Gasteiger partial charge in [-0.25, -0.2) is 4.79 Å². The van der Waals surface area contributed by atoms with Crippen molar-refractivity contribution in [3.8, 4) is 0 Å². The summed E-state index contributed by atoms with van der Waals surface area (Å²) in [6, 6.07) is 3.23. The fraction of sp³-hybridized carbons (Fsp3) is 0.500. The van der Waals surface area contributed by atoms with E-state index in [2.05, 4.69) is 11.6 Å². The van der Waals surface area contributed by atoms with Crippen LogP contribution in [0.3, 0.4) is 0 Å². The zero-order chi connectivity index (χ0) is 14.8. The van der Waals surface area contributed by atoms with Gasteiger partial charge in [-0.15, -0.1) is 0 Å². The Kier molecular flexibility index (Phi) is 4.70. The Morgan fingerprint density at radius 3 is 2.75 bits per heavy atom. The van der Waals surface area contributed by atoms with Gasteiger partial charge in [0.1, 0.15) is 0 Å². The topological polar surface area (TPSA) is 64.3 Å². The number of ether oxygens (including phenoxy) is 1. The van der Waals surface area contributed by atoms with Gasteiger partial charge in [0.25, 0.3) is 0 Å². The molecule has 0 radical (unpaired) electrons. The Hall–Kier alpha value is -1.07. The second-order valence-corrected chi connectivity index (χ2v) is 6.69. The fourth-order valence-corrected chi connectivity index (χ4v) is 3.56. The van der Waals surface area contributed by atoms with E-state index < -0.39 is 5.97 Å². The summed E-state index contributed by atoms with van der Waals surface area (Å²) in [5.41, 5.74) is 7.18. The standard InChI is InChI=1S/C14H19ClN2O2S/c1-19-13(18)10-6-9(16)7-11(15)12(10)17-8-14(20-2)4-3-5-14/h6-7,17H,3-5,8,16H2,1-2H3. The molecule has 1 fully saturated rings. The quantitative estimate of drug-likeness (QED) is 0.644. The molecule has 1 aromatic rings. The predicted octanol–water partition coefficient (Wildman–Crippen LogP) is 3.41. The maximum absolute atomic E-state index is 11.8. The van der Waals surface area contributed by atoms with E-state index in [4.69, 9.17) is 22.1 Å². The molecular formula is C14H19ClN2O2S. The number of esters is 1. The lowest BCUT2D eigenvalue weighted by Crippen LogP contribution is -2.40. The van der Waals surface area contributed by atoms with Gasteiger partial charge < -0.3 is 15.8 Å². The second kappa shape index (κ2) is 6.14. The van der Waals surface area contributed by atoms with E-state index in [1.54, 1.807) is 12.1 Å². The number of nitrogens with two attached hydrogens (primary N) is 1. The maximum atomic E-state index is 11.8. The number of hydrogen-bond donors (Lipinski definition) is 2. The summed E-state index contributed by atoms with van der Waals surface area (Å²) in [5.74, 6) is -0.437. The molecule has 0 aliphatic heterocycles. The van der Waals surface area contributed by atoms with Crippen LogP contribution in [0.15, 0.2) is 12.1 Å². The fourth-order valence-electron chi connectivity index (χ4n) is 2.35. The summed E-state index contributed by atoms with van der Waals surface area (Å²) in [7, 11) is 1.35. The average molecular weight is 315 g/mol. The van der Waals surface area contributed by atoms with Crippen LogP contribution < -0.4 is 11.1 Å². The van der Waals surface area contributed by atoms with Gasteiger partial charge in [-0.3, -0.25) is 0 Å². The number of hydrogen-bond acceptors (Lipinski definition) is 5. The van der Waals surface area contributed by atoms with Crippen LogP contribution in [-0.4, -0.2) is 30.6 Å². The number of halogens is 1. The van der Waals surface area contributed by atoms with Crippen molar-refractivity contribution in [2.24, 2.45) is 0 Å². The summed E-state index contributed by atoms with van der Waals surface area (Å²) in [6.07, 6.45) is 5.73. The van der Waals surface area contributed by atoms with Crippen molar-refractivity contribution in [2.75, 3.05) is 31.0 Å². The molecule has 110 valence electrons. The highest BCUT2D eigenvalue weighted by Crippen LogP contribution is 2.43. The molecule has 0 bridgehead atoms. The number of carbonyl (C=O) groups excluding carboxylic acids is 1. The van der Waals surface area contributed by atoms with Gasteiger partial charge in [0.2, 0.25) is 0 Å². The minimum absolute atomic E-state index is 0.248. The number of rotatable bonds is 5. The van der Waals surface area contributed by atoms with Crippen molar-refractivity contribution in [3.05, 3.63) is 22.7 Å². The molecule has 1 aliphatic carbocycles. The molecule has 20 heavy (non-hydrogen) atoms. The highest BCUT2D eigenvalue weighted by molar-refractivity contribution is 8.00. The SMILES string of the molecule is COC(=O)c1cc(N)cc(Cl)c1NCC1(SC)CCC1. The molecule has 0 unspecified atom stereocenters. The first kappa shape index (κ1) is 15.3. The molecule has 3 N–H and O–H groups in total. The molecule has 1 aromatic carbocycles. The number of benzene rings is 1. The van der Waals surface area contributed by atoms with Gasteiger partial charge in [-0.2, -0.15) is 11.8 Å². The summed E-state index contributed by atoms with van der Waals surface area (Å²) < 4.78 is 5.04. The lowest BCUT2D eigenvalue weighted by Gasteiger charge is -2.40. The van der Waals surface area contributed by atoms with Crippen molar-refractivity contribution in [1.29, 1.82) is 0 Å². The molecule has 6 heteroatoms. The highest BCUT2D eigenvalue weighted by Gasteiger charge is 2.36. The third kappa shape index (κ3) is 2.99. The van der Waals surface area contributed by atoms with Crippen LogP contribution in [-0.2, 0) is 4.74 Å². The number of anilines is 2. The molecule has 0 saturated heterocycles. The zero-order valence-corrected chi connectivity index (χ0v) is 13.2. The molecule has 1 saturated carbocycles. The summed E-state index contributed by atoms with van der Waals surface area (Å²) in [6.45, 7) is 0.780. The lowest BCUT2D eigenvalue weighted by molar-refractivity contribution is 0.0602. The van der Waals surface area contributed by atoms with Crippen LogP contribution in [0.25, 0.3) is 0 Å². The highest BCUT2D eigenvalue weighted by atomic mass is 35.5. The molecule has 0 spiro atoms. The van der Waals surface area contributed by atoms with E-state index in [1.807, 2.05) is 11.8 Å². The van der Waals surface area contributed by atoms with Crippen molar-refractivity contribution in [3.63, 3.8) is 0 Å². The number of thioether (sulfide) groups is 1. The van der Waals surface area contributed by atoms with Crippen molar-refractivity contribution in [2.45, 2.75) is 24.0 Å². The summed E-state index contributed by atoms with van der Waals surface area (Å²) in [5, 5.41) is 3.75. The number of nitrogens with one attached hydrogen (secondary N) is 1. The Morgan fingerprint density at radius 1 is 1.55 bits per heavy atom. The number of nitrogen functional groups attached to an aromatic ring is 1. The molecular weight excluding hydrogens is 296 g/mol. The van der Waals surface area contributed by atoms with E-state index in [9.17, 15) is 4.79 Å². The monoisotopic (exact) mass is 314 g/mol. The molecule has 2 rings (SSSR count). The Morgan fingerprint density at radius 2 is 2.25 bits per heavy atom. The third-order valence-corrected chi connectivity index (χ3v) is 5.52. The molecule has 0 amide bonds.